The minimum absolute atomic E-state index is 0.207. The van der Waals surface area contributed by atoms with Crippen molar-refractivity contribution < 1.29 is 4.39 Å². The zero-order chi connectivity index (χ0) is 14.2. The van der Waals surface area contributed by atoms with Gasteiger partial charge in [0.25, 0.3) is 0 Å². The summed E-state index contributed by atoms with van der Waals surface area (Å²) in [5, 5.41) is 1.04. The SMILES string of the molecule is Fc1ccc(-c2ccc(-c3nc4ccccc4s3)s2)cc1. The van der Waals surface area contributed by atoms with E-state index in [-0.39, 0.29) is 5.82 Å². The van der Waals surface area contributed by atoms with Gasteiger partial charge < -0.3 is 0 Å². The van der Waals surface area contributed by atoms with E-state index in [4.69, 9.17) is 0 Å². The molecule has 0 bridgehead atoms. The molecule has 21 heavy (non-hydrogen) atoms. The van der Waals surface area contributed by atoms with Crippen molar-refractivity contribution in [1.29, 1.82) is 0 Å². The molecule has 102 valence electrons. The molecule has 0 spiro atoms. The molecule has 2 aromatic carbocycles. The number of rotatable bonds is 2. The Morgan fingerprint density at radius 2 is 1.52 bits per heavy atom. The van der Waals surface area contributed by atoms with Crippen molar-refractivity contribution in [3.63, 3.8) is 0 Å². The summed E-state index contributed by atoms with van der Waals surface area (Å²) in [5.74, 6) is -0.207. The molecule has 4 aromatic rings. The third-order valence-corrected chi connectivity index (χ3v) is 5.58. The number of fused-ring (bicyclic) bond motifs is 1. The van der Waals surface area contributed by atoms with Crippen molar-refractivity contribution in [2.24, 2.45) is 0 Å². The Labute approximate surface area is 129 Å². The number of hydrogen-bond donors (Lipinski definition) is 0. The van der Waals surface area contributed by atoms with Crippen LogP contribution in [0.15, 0.2) is 60.7 Å². The lowest BCUT2D eigenvalue weighted by Gasteiger charge is -1.96. The molecular formula is C17H10FNS2. The summed E-state index contributed by atoms with van der Waals surface area (Å²) in [6.07, 6.45) is 0. The number of nitrogens with zero attached hydrogens (tertiary/aromatic N) is 1. The molecule has 0 unspecified atom stereocenters. The molecule has 0 fully saturated rings. The van der Waals surface area contributed by atoms with Gasteiger partial charge in [-0.25, -0.2) is 9.37 Å². The lowest BCUT2D eigenvalue weighted by Crippen LogP contribution is -1.73. The Morgan fingerprint density at radius 3 is 2.33 bits per heavy atom. The van der Waals surface area contributed by atoms with Gasteiger partial charge in [-0.15, -0.1) is 22.7 Å². The molecule has 0 aliphatic heterocycles. The molecule has 0 atom stereocenters. The van der Waals surface area contributed by atoms with E-state index in [2.05, 4.69) is 23.2 Å². The zero-order valence-electron chi connectivity index (χ0n) is 10.9. The van der Waals surface area contributed by atoms with Crippen molar-refractivity contribution >= 4 is 32.9 Å². The van der Waals surface area contributed by atoms with Gasteiger partial charge in [-0.3, -0.25) is 0 Å². The van der Waals surface area contributed by atoms with Gasteiger partial charge >= 0.3 is 0 Å². The quantitative estimate of drug-likeness (QED) is 0.454. The van der Waals surface area contributed by atoms with Crippen molar-refractivity contribution in [1.82, 2.24) is 4.98 Å². The maximum atomic E-state index is 13.0. The Balaban J connectivity index is 1.75. The normalized spacial score (nSPS) is 11.1. The Kier molecular flexibility index (Phi) is 3.05. The minimum atomic E-state index is -0.207. The first-order valence-corrected chi connectivity index (χ1v) is 8.15. The van der Waals surface area contributed by atoms with Crippen LogP contribution in [0.3, 0.4) is 0 Å². The van der Waals surface area contributed by atoms with Crippen LogP contribution in [0.25, 0.3) is 30.5 Å². The minimum Gasteiger partial charge on any atom is -0.235 e. The standard InChI is InChI=1S/C17H10FNS2/c18-12-7-5-11(6-8-12)14-9-10-16(20-14)17-19-13-3-1-2-4-15(13)21-17/h1-10H. The third kappa shape index (κ3) is 2.37. The summed E-state index contributed by atoms with van der Waals surface area (Å²) in [7, 11) is 0. The summed E-state index contributed by atoms with van der Waals surface area (Å²) in [6, 6.07) is 18.9. The van der Waals surface area contributed by atoms with Crippen LogP contribution in [0.4, 0.5) is 4.39 Å². The van der Waals surface area contributed by atoms with Crippen molar-refractivity contribution in [3.05, 3.63) is 66.5 Å². The molecule has 2 aromatic heterocycles. The largest absolute Gasteiger partial charge is 0.235 e. The lowest BCUT2D eigenvalue weighted by molar-refractivity contribution is 0.628. The second-order valence-electron chi connectivity index (χ2n) is 4.66. The molecule has 0 saturated heterocycles. The Morgan fingerprint density at radius 1 is 0.762 bits per heavy atom. The topological polar surface area (TPSA) is 12.9 Å². The van der Waals surface area contributed by atoms with Crippen LogP contribution in [-0.4, -0.2) is 4.98 Å². The molecule has 2 heterocycles. The number of benzene rings is 2. The molecule has 0 aliphatic rings. The van der Waals surface area contributed by atoms with E-state index >= 15 is 0 Å². The predicted octanol–water partition coefficient (Wildman–Crippen LogP) is 5.83. The smallest absolute Gasteiger partial charge is 0.134 e. The number of thiazole rings is 1. The van der Waals surface area contributed by atoms with Crippen LogP contribution >= 0.6 is 22.7 Å². The van der Waals surface area contributed by atoms with Gasteiger partial charge in [-0.05, 0) is 42.0 Å². The maximum Gasteiger partial charge on any atom is 0.134 e. The zero-order valence-corrected chi connectivity index (χ0v) is 12.5. The van der Waals surface area contributed by atoms with Gasteiger partial charge in [0.2, 0.25) is 0 Å². The lowest BCUT2D eigenvalue weighted by atomic mass is 10.2. The number of para-hydroxylation sites is 1. The average Bonchev–Trinajstić information content (AvgIpc) is 3.14. The number of aromatic nitrogens is 1. The van der Waals surface area contributed by atoms with E-state index < -0.39 is 0 Å². The van der Waals surface area contributed by atoms with Gasteiger partial charge in [0.1, 0.15) is 10.8 Å². The molecule has 1 nitrogen and oxygen atoms in total. The summed E-state index contributed by atoms with van der Waals surface area (Å²) in [5.41, 5.74) is 2.07. The van der Waals surface area contributed by atoms with E-state index in [0.29, 0.717) is 0 Å². The van der Waals surface area contributed by atoms with E-state index in [1.807, 2.05) is 30.3 Å². The Hall–Kier alpha value is -2.04. The van der Waals surface area contributed by atoms with Crippen molar-refractivity contribution in [3.8, 4) is 20.3 Å². The molecule has 0 amide bonds. The highest BCUT2D eigenvalue weighted by Gasteiger charge is 2.09. The number of hydrogen-bond acceptors (Lipinski definition) is 3. The highest BCUT2D eigenvalue weighted by Crippen LogP contribution is 2.37. The third-order valence-electron chi connectivity index (χ3n) is 3.24. The van der Waals surface area contributed by atoms with Crippen molar-refractivity contribution in [2.75, 3.05) is 0 Å². The summed E-state index contributed by atoms with van der Waals surface area (Å²) in [6.45, 7) is 0. The number of halogens is 1. The van der Waals surface area contributed by atoms with Crippen LogP contribution in [0.2, 0.25) is 0 Å². The van der Waals surface area contributed by atoms with Gasteiger partial charge in [0.05, 0.1) is 15.1 Å². The molecule has 4 rings (SSSR count). The van der Waals surface area contributed by atoms with E-state index in [0.717, 1.165) is 25.8 Å². The van der Waals surface area contributed by atoms with Crippen LogP contribution < -0.4 is 0 Å². The highest BCUT2D eigenvalue weighted by atomic mass is 32.1. The van der Waals surface area contributed by atoms with Gasteiger partial charge in [-0.1, -0.05) is 24.3 Å². The van der Waals surface area contributed by atoms with Crippen LogP contribution in [-0.2, 0) is 0 Å². The molecule has 4 heteroatoms. The molecular weight excluding hydrogens is 301 g/mol. The fourth-order valence-corrected chi connectivity index (χ4v) is 4.23. The monoisotopic (exact) mass is 311 g/mol. The maximum absolute atomic E-state index is 13.0. The highest BCUT2D eigenvalue weighted by molar-refractivity contribution is 7.26. The second-order valence-corrected chi connectivity index (χ2v) is 6.77. The predicted molar refractivity (Wildman–Crippen MR) is 88.3 cm³/mol. The number of thiophene rings is 1. The first-order chi connectivity index (χ1) is 10.3. The van der Waals surface area contributed by atoms with Gasteiger partial charge in [-0.2, -0.15) is 0 Å². The molecule has 0 N–H and O–H groups in total. The van der Waals surface area contributed by atoms with E-state index in [9.17, 15) is 4.39 Å². The van der Waals surface area contributed by atoms with E-state index in [1.54, 1.807) is 22.7 Å². The fraction of sp³-hybridized carbons (Fsp3) is 0. The van der Waals surface area contributed by atoms with Gasteiger partial charge in [0, 0.05) is 4.88 Å². The first-order valence-electron chi connectivity index (χ1n) is 6.51. The summed E-state index contributed by atoms with van der Waals surface area (Å²) >= 11 is 3.39. The molecule has 0 radical (unpaired) electrons. The van der Waals surface area contributed by atoms with Crippen LogP contribution in [0.5, 0.6) is 0 Å². The van der Waals surface area contributed by atoms with Crippen molar-refractivity contribution in [2.45, 2.75) is 0 Å². The van der Waals surface area contributed by atoms with Crippen LogP contribution in [0.1, 0.15) is 0 Å². The molecule has 0 saturated carbocycles. The summed E-state index contributed by atoms with van der Waals surface area (Å²) in [4.78, 5) is 6.95. The molecule has 0 aliphatic carbocycles. The van der Waals surface area contributed by atoms with E-state index in [1.165, 1.54) is 16.8 Å². The average molecular weight is 311 g/mol. The van der Waals surface area contributed by atoms with Crippen LogP contribution in [0, 0.1) is 5.82 Å². The Bertz CT molecular complexity index is 873. The fourth-order valence-electron chi connectivity index (χ4n) is 2.20. The first kappa shape index (κ1) is 12.7. The van der Waals surface area contributed by atoms with Gasteiger partial charge in [0.15, 0.2) is 0 Å². The second kappa shape index (κ2) is 5.06. The summed E-state index contributed by atoms with van der Waals surface area (Å²) < 4.78 is 14.2.